The van der Waals surface area contributed by atoms with Crippen molar-refractivity contribution in [2.45, 2.75) is 32.5 Å². The molecule has 2 aromatic carbocycles. The van der Waals surface area contributed by atoms with Gasteiger partial charge in [0.2, 0.25) is 0 Å². The van der Waals surface area contributed by atoms with Crippen molar-refractivity contribution in [3.8, 4) is 0 Å². The molecule has 0 aliphatic rings. The quantitative estimate of drug-likeness (QED) is 0.708. The van der Waals surface area contributed by atoms with E-state index in [0.717, 1.165) is 29.0 Å². The number of hydrogen-bond donors (Lipinski definition) is 2. The third kappa shape index (κ3) is 3.31. The summed E-state index contributed by atoms with van der Waals surface area (Å²) in [5.74, 6) is 0.978. The highest BCUT2D eigenvalue weighted by molar-refractivity contribution is 6.30. The number of rotatable bonds is 6. The molecule has 2 unspecified atom stereocenters. The van der Waals surface area contributed by atoms with E-state index in [4.69, 9.17) is 16.6 Å². The number of imidazole rings is 1. The Bertz CT molecular complexity index is 813. The summed E-state index contributed by atoms with van der Waals surface area (Å²) in [5, 5.41) is 14.0. The predicted molar refractivity (Wildman–Crippen MR) is 98.2 cm³/mol. The molecule has 0 spiro atoms. The molecular weight excluding hydrogens is 322 g/mol. The van der Waals surface area contributed by atoms with Crippen LogP contribution in [0.1, 0.15) is 37.3 Å². The van der Waals surface area contributed by atoms with Gasteiger partial charge in [-0.2, -0.15) is 0 Å². The molecule has 5 heteroatoms. The molecule has 1 heterocycles. The second-order valence-electron chi connectivity index (χ2n) is 5.88. The van der Waals surface area contributed by atoms with Crippen LogP contribution < -0.4 is 5.32 Å². The molecule has 0 fully saturated rings. The molecular formula is C19H22ClN3O. The SMILES string of the molecule is CCn1c(C(C)NC(CO)c2ccc(Cl)cc2)nc2ccccc21. The zero-order valence-corrected chi connectivity index (χ0v) is 14.7. The number of nitrogens with zero attached hydrogens (tertiary/aromatic N) is 2. The van der Waals surface area contributed by atoms with Gasteiger partial charge in [-0.15, -0.1) is 0 Å². The predicted octanol–water partition coefficient (Wildman–Crippen LogP) is 4.09. The summed E-state index contributed by atoms with van der Waals surface area (Å²) in [6, 6.07) is 15.5. The van der Waals surface area contributed by atoms with Gasteiger partial charge in [0.05, 0.1) is 29.7 Å². The van der Waals surface area contributed by atoms with Crippen LogP contribution in [0.5, 0.6) is 0 Å². The van der Waals surface area contributed by atoms with Crippen LogP contribution in [0, 0.1) is 0 Å². The first-order chi connectivity index (χ1) is 11.6. The lowest BCUT2D eigenvalue weighted by Gasteiger charge is -2.22. The number of aliphatic hydroxyl groups excluding tert-OH is 1. The number of para-hydroxylation sites is 2. The van der Waals surface area contributed by atoms with Gasteiger partial charge < -0.3 is 9.67 Å². The number of benzene rings is 2. The highest BCUT2D eigenvalue weighted by atomic mass is 35.5. The number of halogens is 1. The number of aryl methyl sites for hydroxylation is 1. The van der Waals surface area contributed by atoms with Crippen molar-refractivity contribution < 1.29 is 5.11 Å². The lowest BCUT2D eigenvalue weighted by molar-refractivity contribution is 0.233. The second kappa shape index (κ2) is 7.34. The van der Waals surface area contributed by atoms with E-state index in [2.05, 4.69) is 29.8 Å². The van der Waals surface area contributed by atoms with Crippen molar-refractivity contribution in [3.63, 3.8) is 0 Å². The van der Waals surface area contributed by atoms with E-state index in [1.165, 1.54) is 0 Å². The van der Waals surface area contributed by atoms with Gasteiger partial charge in [0.25, 0.3) is 0 Å². The van der Waals surface area contributed by atoms with Gasteiger partial charge in [-0.25, -0.2) is 4.98 Å². The van der Waals surface area contributed by atoms with Crippen LogP contribution in [0.15, 0.2) is 48.5 Å². The second-order valence-corrected chi connectivity index (χ2v) is 6.31. The Morgan fingerprint density at radius 1 is 1.17 bits per heavy atom. The van der Waals surface area contributed by atoms with Crippen LogP contribution >= 0.6 is 11.6 Å². The Labute approximate surface area is 147 Å². The summed E-state index contributed by atoms with van der Waals surface area (Å²) in [6.45, 7) is 5.06. The molecule has 3 rings (SSSR count). The first-order valence-corrected chi connectivity index (χ1v) is 8.59. The molecule has 0 bridgehead atoms. The van der Waals surface area contributed by atoms with E-state index in [-0.39, 0.29) is 18.7 Å². The largest absolute Gasteiger partial charge is 0.394 e. The first-order valence-electron chi connectivity index (χ1n) is 8.21. The third-order valence-electron chi connectivity index (χ3n) is 4.29. The smallest absolute Gasteiger partial charge is 0.126 e. The lowest BCUT2D eigenvalue weighted by Crippen LogP contribution is -2.29. The summed E-state index contributed by atoms with van der Waals surface area (Å²) < 4.78 is 2.21. The molecule has 1 aromatic heterocycles. The monoisotopic (exact) mass is 343 g/mol. The fourth-order valence-corrected chi connectivity index (χ4v) is 3.21. The Morgan fingerprint density at radius 2 is 1.88 bits per heavy atom. The van der Waals surface area contributed by atoms with E-state index >= 15 is 0 Å². The van der Waals surface area contributed by atoms with Crippen LogP contribution in [-0.4, -0.2) is 21.3 Å². The number of fused-ring (bicyclic) bond motifs is 1. The van der Waals surface area contributed by atoms with E-state index in [1.54, 1.807) is 0 Å². The van der Waals surface area contributed by atoms with Crippen molar-refractivity contribution >= 4 is 22.6 Å². The highest BCUT2D eigenvalue weighted by Crippen LogP contribution is 2.24. The molecule has 4 nitrogen and oxygen atoms in total. The van der Waals surface area contributed by atoms with Gasteiger partial charge in [-0.05, 0) is 43.7 Å². The van der Waals surface area contributed by atoms with Crippen LogP contribution in [-0.2, 0) is 6.54 Å². The van der Waals surface area contributed by atoms with Crippen molar-refractivity contribution in [2.24, 2.45) is 0 Å². The summed E-state index contributed by atoms with van der Waals surface area (Å²) in [4.78, 5) is 4.78. The molecule has 0 radical (unpaired) electrons. The Hall–Kier alpha value is -1.88. The zero-order valence-electron chi connectivity index (χ0n) is 13.9. The maximum Gasteiger partial charge on any atom is 0.126 e. The fourth-order valence-electron chi connectivity index (χ4n) is 3.08. The summed E-state index contributed by atoms with van der Waals surface area (Å²) in [5.41, 5.74) is 3.14. The van der Waals surface area contributed by atoms with Crippen molar-refractivity contribution in [1.29, 1.82) is 0 Å². The molecule has 3 aromatic rings. The highest BCUT2D eigenvalue weighted by Gasteiger charge is 2.19. The summed E-state index contributed by atoms with van der Waals surface area (Å²) >= 11 is 5.95. The minimum Gasteiger partial charge on any atom is -0.394 e. The summed E-state index contributed by atoms with van der Waals surface area (Å²) in [7, 11) is 0. The molecule has 2 atom stereocenters. The van der Waals surface area contributed by atoms with E-state index in [0.29, 0.717) is 5.02 Å². The Balaban J connectivity index is 1.88. The topological polar surface area (TPSA) is 50.1 Å². The van der Waals surface area contributed by atoms with Crippen molar-refractivity contribution in [3.05, 3.63) is 64.9 Å². The van der Waals surface area contributed by atoms with Crippen LogP contribution in [0.25, 0.3) is 11.0 Å². The fraction of sp³-hybridized carbons (Fsp3) is 0.316. The van der Waals surface area contributed by atoms with Gasteiger partial charge in [0.1, 0.15) is 5.82 Å². The van der Waals surface area contributed by atoms with Gasteiger partial charge in [0, 0.05) is 11.6 Å². The van der Waals surface area contributed by atoms with E-state index in [9.17, 15) is 5.11 Å². The molecule has 0 amide bonds. The molecule has 126 valence electrons. The van der Waals surface area contributed by atoms with Crippen LogP contribution in [0.2, 0.25) is 5.02 Å². The Kier molecular flexibility index (Phi) is 5.19. The Morgan fingerprint density at radius 3 is 2.54 bits per heavy atom. The molecule has 0 aliphatic heterocycles. The van der Waals surface area contributed by atoms with Crippen LogP contribution in [0.4, 0.5) is 0 Å². The van der Waals surface area contributed by atoms with Gasteiger partial charge in [-0.3, -0.25) is 5.32 Å². The van der Waals surface area contributed by atoms with Gasteiger partial charge in [0.15, 0.2) is 0 Å². The van der Waals surface area contributed by atoms with Gasteiger partial charge >= 0.3 is 0 Å². The number of nitrogens with one attached hydrogen (secondary N) is 1. The minimum absolute atomic E-state index is 0.00479. The third-order valence-corrected chi connectivity index (χ3v) is 4.55. The average Bonchev–Trinajstić information content (AvgIpc) is 2.99. The molecule has 0 saturated carbocycles. The van der Waals surface area contributed by atoms with Crippen LogP contribution in [0.3, 0.4) is 0 Å². The molecule has 2 N–H and O–H groups in total. The molecule has 0 saturated heterocycles. The van der Waals surface area contributed by atoms with E-state index < -0.39 is 0 Å². The molecule has 24 heavy (non-hydrogen) atoms. The maximum absolute atomic E-state index is 9.79. The lowest BCUT2D eigenvalue weighted by atomic mass is 10.1. The van der Waals surface area contributed by atoms with Gasteiger partial charge in [-0.1, -0.05) is 35.9 Å². The first kappa shape index (κ1) is 17.0. The number of hydrogen-bond acceptors (Lipinski definition) is 3. The number of aliphatic hydroxyl groups is 1. The zero-order chi connectivity index (χ0) is 17.1. The summed E-state index contributed by atoms with van der Waals surface area (Å²) in [6.07, 6.45) is 0. The normalized spacial score (nSPS) is 14.0. The standard InChI is InChI=1S/C19H22ClN3O/c1-3-23-18-7-5-4-6-16(18)22-19(23)13(2)21-17(12-24)14-8-10-15(20)11-9-14/h4-11,13,17,21,24H,3,12H2,1-2H3. The number of aromatic nitrogens is 2. The average molecular weight is 344 g/mol. The van der Waals surface area contributed by atoms with Crippen molar-refractivity contribution in [2.75, 3.05) is 6.61 Å². The maximum atomic E-state index is 9.79. The minimum atomic E-state index is -0.164. The molecule has 0 aliphatic carbocycles. The van der Waals surface area contributed by atoms with E-state index in [1.807, 2.05) is 42.5 Å². The van der Waals surface area contributed by atoms with Crippen molar-refractivity contribution in [1.82, 2.24) is 14.9 Å².